The molecule has 3 aromatic rings. The standard InChI is InChI=1S/C25H25BrN4O3/c1-28(2)20-10-6-17(7-11-20)22-21(23(31)18-4-8-19(26)9-5-18)24(32)25(33)30(22)14-3-13-29-15-12-27-16-29/h4-12,15-16,22,31H,3,13-14H2,1-2H3/t22-/m0/s1. The lowest BCUT2D eigenvalue weighted by atomic mass is 9.95. The van der Waals surface area contributed by atoms with Gasteiger partial charge in [-0.15, -0.1) is 0 Å². The van der Waals surface area contributed by atoms with Gasteiger partial charge in [-0.05, 0) is 36.2 Å². The van der Waals surface area contributed by atoms with Crippen molar-refractivity contribution in [3.05, 3.63) is 88.4 Å². The van der Waals surface area contributed by atoms with Crippen molar-refractivity contribution in [3.8, 4) is 0 Å². The Morgan fingerprint density at radius 1 is 1.06 bits per heavy atom. The number of carbonyl (C=O) groups excluding carboxylic acids is 2. The maximum Gasteiger partial charge on any atom is 0.295 e. The van der Waals surface area contributed by atoms with E-state index in [1.807, 2.05) is 54.0 Å². The summed E-state index contributed by atoms with van der Waals surface area (Å²) >= 11 is 3.38. The predicted octanol–water partition coefficient (Wildman–Crippen LogP) is 4.22. The average Bonchev–Trinajstić information content (AvgIpc) is 3.41. The molecule has 1 amide bonds. The molecule has 8 heteroatoms. The van der Waals surface area contributed by atoms with Crippen molar-refractivity contribution in [1.82, 2.24) is 14.5 Å². The van der Waals surface area contributed by atoms with Crippen LogP contribution in [-0.2, 0) is 16.1 Å². The first-order valence-corrected chi connectivity index (χ1v) is 11.4. The second kappa shape index (κ2) is 9.62. The summed E-state index contributed by atoms with van der Waals surface area (Å²) in [5, 5.41) is 11.1. The SMILES string of the molecule is CN(C)c1ccc([C@H]2C(=C(O)c3ccc(Br)cc3)C(=O)C(=O)N2CCCn2ccnc2)cc1. The van der Waals surface area contributed by atoms with Crippen LogP contribution < -0.4 is 4.90 Å². The monoisotopic (exact) mass is 508 g/mol. The van der Waals surface area contributed by atoms with E-state index >= 15 is 0 Å². The van der Waals surface area contributed by atoms with Crippen LogP contribution in [0.15, 0.2) is 77.3 Å². The smallest absolute Gasteiger partial charge is 0.295 e. The van der Waals surface area contributed by atoms with Crippen molar-refractivity contribution in [3.63, 3.8) is 0 Å². The highest BCUT2D eigenvalue weighted by Gasteiger charge is 2.45. The summed E-state index contributed by atoms with van der Waals surface area (Å²) in [4.78, 5) is 33.7. The number of ketones is 1. The van der Waals surface area contributed by atoms with E-state index in [1.54, 1.807) is 41.7 Å². The van der Waals surface area contributed by atoms with Gasteiger partial charge in [0.25, 0.3) is 11.7 Å². The highest BCUT2D eigenvalue weighted by molar-refractivity contribution is 9.10. The molecule has 7 nitrogen and oxygen atoms in total. The molecule has 1 aliphatic heterocycles. The minimum Gasteiger partial charge on any atom is -0.507 e. The van der Waals surface area contributed by atoms with Gasteiger partial charge in [0.1, 0.15) is 5.76 Å². The van der Waals surface area contributed by atoms with E-state index < -0.39 is 17.7 Å². The molecule has 4 rings (SSSR count). The Morgan fingerprint density at radius 2 is 1.76 bits per heavy atom. The van der Waals surface area contributed by atoms with Crippen molar-refractivity contribution in [2.75, 3.05) is 25.5 Å². The van der Waals surface area contributed by atoms with Crippen molar-refractivity contribution in [1.29, 1.82) is 0 Å². The van der Waals surface area contributed by atoms with Crippen molar-refractivity contribution in [2.45, 2.75) is 19.0 Å². The van der Waals surface area contributed by atoms with Gasteiger partial charge in [-0.2, -0.15) is 0 Å². The third-order valence-corrected chi connectivity index (χ3v) is 6.29. The molecule has 0 saturated carbocycles. The lowest BCUT2D eigenvalue weighted by molar-refractivity contribution is -0.139. The number of aromatic nitrogens is 2. The van der Waals surface area contributed by atoms with Gasteiger partial charge in [0, 0.05) is 55.3 Å². The average molecular weight is 509 g/mol. The molecular formula is C25H25BrN4O3. The number of aryl methyl sites for hydroxylation is 1. The third kappa shape index (κ3) is 4.71. The minimum absolute atomic E-state index is 0.113. The lowest BCUT2D eigenvalue weighted by Gasteiger charge is -2.26. The van der Waals surface area contributed by atoms with Crippen LogP contribution in [0, 0.1) is 0 Å². The quantitative estimate of drug-likeness (QED) is 0.293. The molecule has 0 aliphatic carbocycles. The van der Waals surface area contributed by atoms with Crippen molar-refractivity contribution in [2.24, 2.45) is 0 Å². The number of hydrogen-bond acceptors (Lipinski definition) is 5. The minimum atomic E-state index is -0.667. The highest BCUT2D eigenvalue weighted by Crippen LogP contribution is 2.40. The molecule has 0 bridgehead atoms. The van der Waals surface area contributed by atoms with Gasteiger partial charge >= 0.3 is 0 Å². The van der Waals surface area contributed by atoms with E-state index in [-0.39, 0.29) is 11.3 Å². The first-order valence-electron chi connectivity index (χ1n) is 10.6. The van der Waals surface area contributed by atoms with Gasteiger partial charge in [-0.3, -0.25) is 9.59 Å². The largest absolute Gasteiger partial charge is 0.507 e. The summed E-state index contributed by atoms with van der Waals surface area (Å²) < 4.78 is 2.79. The molecule has 33 heavy (non-hydrogen) atoms. The van der Waals surface area contributed by atoms with E-state index in [1.165, 1.54) is 0 Å². The highest BCUT2D eigenvalue weighted by atomic mass is 79.9. The van der Waals surface area contributed by atoms with Crippen LogP contribution in [0.25, 0.3) is 5.76 Å². The number of halogens is 1. The number of imidazole rings is 1. The number of rotatable bonds is 7. The van der Waals surface area contributed by atoms with Crippen molar-refractivity contribution < 1.29 is 14.7 Å². The number of hydrogen-bond donors (Lipinski definition) is 1. The first kappa shape index (κ1) is 22.8. The second-order valence-electron chi connectivity index (χ2n) is 8.14. The van der Waals surface area contributed by atoms with Gasteiger partial charge in [0.2, 0.25) is 0 Å². The van der Waals surface area contributed by atoms with Crippen LogP contribution in [0.5, 0.6) is 0 Å². The van der Waals surface area contributed by atoms with Crippen LogP contribution >= 0.6 is 15.9 Å². The summed E-state index contributed by atoms with van der Waals surface area (Å²) in [6.07, 6.45) is 5.93. The van der Waals surface area contributed by atoms with Crippen LogP contribution in [0.2, 0.25) is 0 Å². The molecule has 1 atom stereocenters. The molecule has 0 radical (unpaired) electrons. The van der Waals surface area contributed by atoms with Gasteiger partial charge in [-0.25, -0.2) is 4.98 Å². The number of benzene rings is 2. The molecular weight excluding hydrogens is 484 g/mol. The first-order chi connectivity index (χ1) is 15.9. The van der Waals surface area contributed by atoms with E-state index in [0.29, 0.717) is 25.1 Å². The van der Waals surface area contributed by atoms with Gasteiger partial charge in [0.05, 0.1) is 17.9 Å². The molecule has 1 aliphatic rings. The van der Waals surface area contributed by atoms with E-state index in [2.05, 4.69) is 20.9 Å². The lowest BCUT2D eigenvalue weighted by Crippen LogP contribution is -2.31. The summed E-state index contributed by atoms with van der Waals surface area (Å²) in [6, 6.07) is 14.1. The third-order valence-electron chi connectivity index (χ3n) is 5.76. The number of amides is 1. The molecule has 2 heterocycles. The summed E-state index contributed by atoms with van der Waals surface area (Å²) in [7, 11) is 3.90. The van der Waals surface area contributed by atoms with E-state index in [4.69, 9.17) is 0 Å². The summed E-state index contributed by atoms with van der Waals surface area (Å²) in [5.74, 6) is -1.43. The second-order valence-corrected chi connectivity index (χ2v) is 9.06. The fraction of sp³-hybridized carbons (Fsp3) is 0.240. The Bertz CT molecular complexity index is 1170. The number of nitrogens with zero attached hydrogens (tertiary/aromatic N) is 4. The molecule has 2 aromatic carbocycles. The number of Topliss-reactive ketones (excluding diaryl/α,β-unsaturated/α-hetero) is 1. The number of aliphatic hydroxyl groups excluding tert-OH is 1. The normalized spacial score (nSPS) is 17.5. The maximum atomic E-state index is 13.1. The van der Waals surface area contributed by atoms with Gasteiger partial charge in [-0.1, -0.05) is 40.2 Å². The number of likely N-dealkylation sites (tertiary alicyclic amines) is 1. The Hall–Kier alpha value is -3.39. The van der Waals surface area contributed by atoms with Crippen molar-refractivity contribution >= 4 is 39.1 Å². The maximum absolute atomic E-state index is 13.1. The Balaban J connectivity index is 1.73. The zero-order chi connectivity index (χ0) is 23.5. The van der Waals surface area contributed by atoms with Gasteiger partial charge < -0.3 is 19.5 Å². The topological polar surface area (TPSA) is 78.7 Å². The predicted molar refractivity (Wildman–Crippen MR) is 131 cm³/mol. The molecule has 0 unspecified atom stereocenters. The summed E-state index contributed by atoms with van der Waals surface area (Å²) in [5.41, 5.74) is 2.39. The molecule has 0 spiro atoms. The molecule has 170 valence electrons. The van der Waals surface area contributed by atoms with Gasteiger partial charge in [0.15, 0.2) is 0 Å². The Kier molecular flexibility index (Phi) is 6.65. The Morgan fingerprint density at radius 3 is 2.36 bits per heavy atom. The van der Waals surface area contributed by atoms with Crippen LogP contribution in [0.4, 0.5) is 5.69 Å². The molecule has 1 fully saturated rings. The van der Waals surface area contributed by atoms with E-state index in [9.17, 15) is 14.7 Å². The zero-order valence-corrected chi connectivity index (χ0v) is 20.1. The Labute approximate surface area is 201 Å². The van der Waals surface area contributed by atoms with Crippen LogP contribution in [-0.4, -0.2) is 51.9 Å². The van der Waals surface area contributed by atoms with E-state index in [0.717, 1.165) is 15.7 Å². The number of anilines is 1. The molecule has 1 saturated heterocycles. The number of carbonyl (C=O) groups is 2. The molecule has 1 N–H and O–H groups in total. The summed E-state index contributed by atoms with van der Waals surface area (Å²) in [6.45, 7) is 1.04. The number of aliphatic hydroxyl groups is 1. The molecule has 1 aromatic heterocycles. The van der Waals surface area contributed by atoms with Crippen LogP contribution in [0.3, 0.4) is 0 Å². The fourth-order valence-electron chi connectivity index (χ4n) is 4.02. The zero-order valence-electron chi connectivity index (χ0n) is 18.5. The van der Waals surface area contributed by atoms with Crippen LogP contribution in [0.1, 0.15) is 23.6 Å². The fourth-order valence-corrected chi connectivity index (χ4v) is 4.28.